The average molecular weight is 361 g/mol. The molecule has 2 aromatic rings. The van der Waals surface area contributed by atoms with Gasteiger partial charge in [0.05, 0.1) is 18.5 Å². The van der Waals surface area contributed by atoms with Crippen LogP contribution >= 0.6 is 0 Å². The molecule has 0 fully saturated rings. The van der Waals surface area contributed by atoms with Gasteiger partial charge in [0.1, 0.15) is 11.4 Å². The molecule has 3 N–H and O–H groups in total. The second kappa shape index (κ2) is 6.37. The highest BCUT2D eigenvalue weighted by molar-refractivity contribution is 7.91. The van der Waals surface area contributed by atoms with Gasteiger partial charge in [-0.3, -0.25) is 4.68 Å². The third kappa shape index (κ3) is 3.36. The molecule has 10 heteroatoms. The molecule has 0 saturated carbocycles. The van der Waals surface area contributed by atoms with Crippen LogP contribution in [0, 0.1) is 11.3 Å². The van der Waals surface area contributed by atoms with E-state index in [2.05, 4.69) is 11.2 Å². The van der Waals surface area contributed by atoms with Gasteiger partial charge in [-0.2, -0.15) is 18.8 Å². The monoisotopic (exact) mass is 361 g/mol. The van der Waals surface area contributed by atoms with Crippen molar-refractivity contribution < 1.29 is 18.6 Å². The zero-order chi connectivity index (χ0) is 18.0. The largest absolute Gasteiger partial charge is 0.506 e. The number of hydrogen-bond acceptors (Lipinski definition) is 6. The minimum Gasteiger partial charge on any atom is -0.506 e. The molecule has 3 rings (SSSR count). The van der Waals surface area contributed by atoms with Gasteiger partial charge in [-0.25, -0.2) is 9.03 Å². The van der Waals surface area contributed by atoms with E-state index < -0.39 is 16.1 Å². The van der Waals surface area contributed by atoms with Gasteiger partial charge in [-0.05, 0) is 24.1 Å². The summed E-state index contributed by atoms with van der Waals surface area (Å²) in [4.78, 5) is 0. The summed E-state index contributed by atoms with van der Waals surface area (Å²) in [6.07, 6.45) is 5.48. The van der Waals surface area contributed by atoms with Crippen LogP contribution in [0.5, 0.6) is 5.75 Å². The van der Waals surface area contributed by atoms with Gasteiger partial charge in [-0.1, -0.05) is 6.07 Å². The maximum atomic E-state index is 12.0. The van der Waals surface area contributed by atoms with Gasteiger partial charge < -0.3 is 10.2 Å². The van der Waals surface area contributed by atoms with Crippen LogP contribution in [-0.2, 0) is 16.8 Å². The Morgan fingerprint density at radius 1 is 1.28 bits per heavy atom. The molecular formula is C15H15N5O4S. The number of anilines is 1. The lowest BCUT2D eigenvalue weighted by Gasteiger charge is -2.16. The van der Waals surface area contributed by atoms with Crippen molar-refractivity contribution in [3.8, 4) is 22.9 Å². The standard InChI is InChI=1S/C15H15N5O4S/c16-5-1-2-6-19-9-12(8-17-19)11-3-4-14(21)13(7-11)20-10-15(22)18-25(20,23)24/h3-4,7-10,18,21-22H,1-2,6H2. The van der Waals surface area contributed by atoms with Crippen LogP contribution < -0.4 is 9.03 Å². The number of aliphatic hydroxyl groups excluding tert-OH is 1. The highest BCUT2D eigenvalue weighted by Crippen LogP contribution is 2.35. The van der Waals surface area contributed by atoms with Crippen LogP contribution in [0.1, 0.15) is 12.8 Å². The molecule has 130 valence electrons. The lowest BCUT2D eigenvalue weighted by Crippen LogP contribution is -2.29. The summed E-state index contributed by atoms with van der Waals surface area (Å²) in [5.41, 5.74) is 1.39. The second-order valence-corrected chi connectivity index (χ2v) is 6.92. The number of nitrogens with one attached hydrogen (secondary N) is 1. The molecule has 1 aromatic carbocycles. The van der Waals surface area contributed by atoms with E-state index >= 15 is 0 Å². The van der Waals surface area contributed by atoms with E-state index in [0.29, 0.717) is 24.9 Å². The minimum absolute atomic E-state index is 0.00582. The van der Waals surface area contributed by atoms with Gasteiger partial charge in [-0.15, -0.1) is 0 Å². The Morgan fingerprint density at radius 3 is 2.76 bits per heavy atom. The summed E-state index contributed by atoms with van der Waals surface area (Å²) in [6.45, 7) is 0.597. The van der Waals surface area contributed by atoms with E-state index in [4.69, 9.17) is 5.26 Å². The van der Waals surface area contributed by atoms with Gasteiger partial charge in [0, 0.05) is 24.7 Å². The number of aromatic hydroxyl groups is 1. The molecule has 9 nitrogen and oxygen atoms in total. The average Bonchev–Trinajstić information content (AvgIpc) is 3.12. The quantitative estimate of drug-likeness (QED) is 0.693. The van der Waals surface area contributed by atoms with Gasteiger partial charge in [0.25, 0.3) is 0 Å². The smallest absolute Gasteiger partial charge is 0.330 e. The van der Waals surface area contributed by atoms with Crippen LogP contribution in [0.4, 0.5) is 5.69 Å². The number of rotatable bonds is 5. The molecule has 0 amide bonds. The third-order valence-corrected chi connectivity index (χ3v) is 4.87. The van der Waals surface area contributed by atoms with E-state index in [1.165, 1.54) is 12.1 Å². The lowest BCUT2D eigenvalue weighted by atomic mass is 10.1. The summed E-state index contributed by atoms with van der Waals surface area (Å²) in [6, 6.07) is 6.56. The summed E-state index contributed by atoms with van der Waals surface area (Å²) in [5, 5.41) is 32.2. The highest BCUT2D eigenvalue weighted by atomic mass is 32.2. The molecule has 0 saturated heterocycles. The minimum atomic E-state index is -3.99. The molecule has 2 heterocycles. The number of aliphatic hydroxyl groups is 1. The number of benzene rings is 1. The van der Waals surface area contributed by atoms with Crippen molar-refractivity contribution in [1.29, 1.82) is 5.26 Å². The van der Waals surface area contributed by atoms with Crippen molar-refractivity contribution in [2.24, 2.45) is 0 Å². The van der Waals surface area contributed by atoms with E-state index in [9.17, 15) is 18.6 Å². The molecule has 1 aromatic heterocycles. The molecule has 0 unspecified atom stereocenters. The molecule has 0 spiro atoms. The first-order valence-electron chi connectivity index (χ1n) is 7.36. The van der Waals surface area contributed by atoms with Crippen LogP contribution in [0.25, 0.3) is 11.1 Å². The zero-order valence-electron chi connectivity index (χ0n) is 13.0. The number of phenols is 1. The van der Waals surface area contributed by atoms with Crippen molar-refractivity contribution in [2.75, 3.05) is 4.31 Å². The predicted molar refractivity (Wildman–Crippen MR) is 89.4 cm³/mol. The van der Waals surface area contributed by atoms with Gasteiger partial charge in [0.2, 0.25) is 5.88 Å². The number of hydrogen-bond donors (Lipinski definition) is 3. The second-order valence-electron chi connectivity index (χ2n) is 5.37. The maximum Gasteiger partial charge on any atom is 0.330 e. The molecular weight excluding hydrogens is 346 g/mol. The Balaban J connectivity index is 1.91. The van der Waals surface area contributed by atoms with Crippen LogP contribution in [-0.4, -0.2) is 28.4 Å². The molecule has 0 radical (unpaired) electrons. The SMILES string of the molecule is N#CCCCn1cc(-c2ccc(O)c(N3C=C(O)NS3(=O)=O)c2)cn1. The Labute approximate surface area is 144 Å². The normalized spacial score (nSPS) is 15.5. The summed E-state index contributed by atoms with van der Waals surface area (Å²) < 4.78 is 28.3. The topological polar surface area (TPSA) is 131 Å². The number of phenolic OH excluding ortho intramolecular Hbond substituents is 1. The summed E-state index contributed by atoms with van der Waals surface area (Å²) in [5.74, 6) is -0.781. The maximum absolute atomic E-state index is 12.0. The number of nitriles is 1. The molecule has 0 atom stereocenters. The number of unbranched alkanes of at least 4 members (excludes halogenated alkanes) is 1. The van der Waals surface area contributed by atoms with E-state index in [0.717, 1.165) is 16.1 Å². The van der Waals surface area contributed by atoms with Crippen molar-refractivity contribution in [3.05, 3.63) is 42.7 Å². The lowest BCUT2D eigenvalue weighted by molar-refractivity contribution is 0.392. The van der Waals surface area contributed by atoms with Crippen molar-refractivity contribution in [2.45, 2.75) is 19.4 Å². The fourth-order valence-corrected chi connectivity index (χ4v) is 3.48. The van der Waals surface area contributed by atoms with Gasteiger partial charge >= 0.3 is 10.2 Å². The van der Waals surface area contributed by atoms with E-state index in [1.54, 1.807) is 23.1 Å². The molecule has 0 aliphatic carbocycles. The van der Waals surface area contributed by atoms with Gasteiger partial charge in [0.15, 0.2) is 0 Å². The summed E-state index contributed by atoms with van der Waals surface area (Å²) >= 11 is 0. The number of aryl methyl sites for hydroxylation is 1. The fourth-order valence-electron chi connectivity index (χ4n) is 2.42. The zero-order valence-corrected chi connectivity index (χ0v) is 13.8. The first kappa shape index (κ1) is 16.7. The fraction of sp³-hybridized carbons (Fsp3) is 0.200. The summed E-state index contributed by atoms with van der Waals surface area (Å²) in [7, 11) is -3.99. The van der Waals surface area contributed by atoms with Crippen LogP contribution in [0.15, 0.2) is 42.7 Å². The first-order chi connectivity index (χ1) is 11.9. The van der Waals surface area contributed by atoms with Crippen molar-refractivity contribution in [1.82, 2.24) is 14.5 Å². The molecule has 1 aliphatic rings. The molecule has 0 bridgehead atoms. The van der Waals surface area contributed by atoms with E-state index in [-0.39, 0.29) is 11.4 Å². The van der Waals surface area contributed by atoms with Crippen molar-refractivity contribution in [3.63, 3.8) is 0 Å². The predicted octanol–water partition coefficient (Wildman–Crippen LogP) is 1.57. The first-order valence-corrected chi connectivity index (χ1v) is 8.80. The van der Waals surface area contributed by atoms with Crippen LogP contribution in [0.2, 0.25) is 0 Å². The van der Waals surface area contributed by atoms with Crippen molar-refractivity contribution >= 4 is 15.9 Å². The Bertz CT molecular complexity index is 974. The molecule has 1 aliphatic heterocycles. The Hall–Kier alpha value is -3.19. The highest BCUT2D eigenvalue weighted by Gasteiger charge is 2.30. The number of nitrogens with zero attached hydrogens (tertiary/aromatic N) is 4. The van der Waals surface area contributed by atoms with E-state index in [1.807, 2.05) is 4.72 Å². The number of aromatic nitrogens is 2. The Kier molecular flexibility index (Phi) is 4.24. The third-order valence-electron chi connectivity index (χ3n) is 3.59. The van der Waals surface area contributed by atoms with Crippen LogP contribution in [0.3, 0.4) is 0 Å². The Morgan fingerprint density at radius 2 is 2.08 bits per heavy atom. The molecule has 25 heavy (non-hydrogen) atoms.